The lowest BCUT2D eigenvalue weighted by Crippen LogP contribution is -2.34. The predicted octanol–water partition coefficient (Wildman–Crippen LogP) is 1.66. The van der Waals surface area contributed by atoms with Crippen LogP contribution in [0.4, 0.5) is 0 Å². The quantitative estimate of drug-likeness (QED) is 0.748. The minimum atomic E-state index is -0.0217. The third-order valence-corrected chi connectivity index (χ3v) is 2.47. The molecule has 1 aromatic rings. The number of amides is 1. The van der Waals surface area contributed by atoms with Crippen LogP contribution in [0.2, 0.25) is 0 Å². The van der Waals surface area contributed by atoms with Crippen LogP contribution in [0, 0.1) is 5.41 Å². The Morgan fingerprint density at radius 2 is 1.74 bits per heavy atom. The number of carbonyl (C=O) groups is 1. The fraction of sp³-hybridized carbons (Fsp3) is 0.692. The molecule has 0 aliphatic carbocycles. The van der Waals surface area contributed by atoms with Gasteiger partial charge in [-0.05, 0) is 0 Å². The summed E-state index contributed by atoms with van der Waals surface area (Å²) in [5.74, 6) is 1.74. The second kappa shape index (κ2) is 5.50. The van der Waals surface area contributed by atoms with E-state index in [4.69, 9.17) is 0 Å². The maximum atomic E-state index is 10.7. The van der Waals surface area contributed by atoms with E-state index in [1.54, 1.807) is 0 Å². The van der Waals surface area contributed by atoms with Crippen LogP contribution in [0.25, 0.3) is 0 Å². The van der Waals surface area contributed by atoms with Gasteiger partial charge in [-0.25, -0.2) is 4.98 Å². The number of rotatable bonds is 0. The second-order valence-corrected chi connectivity index (χ2v) is 6.55. The van der Waals surface area contributed by atoms with Gasteiger partial charge in [0.2, 0.25) is 5.91 Å². The third kappa shape index (κ3) is 4.81. The minimum Gasteiger partial charge on any atom is -0.312 e. The van der Waals surface area contributed by atoms with Crippen molar-refractivity contribution in [1.29, 1.82) is 0 Å². The molecular formula is C13H23N5O. The average molecular weight is 265 g/mol. The summed E-state index contributed by atoms with van der Waals surface area (Å²) < 4.78 is 0. The summed E-state index contributed by atoms with van der Waals surface area (Å²) in [5, 5.41) is 9.27. The molecule has 0 bridgehead atoms. The van der Waals surface area contributed by atoms with Crippen LogP contribution in [0.1, 0.15) is 47.4 Å². The third-order valence-electron chi connectivity index (χ3n) is 2.47. The smallest absolute Gasteiger partial charge is 0.247 e. The molecule has 106 valence electrons. The van der Waals surface area contributed by atoms with E-state index in [0.29, 0.717) is 6.54 Å². The summed E-state index contributed by atoms with van der Waals surface area (Å²) in [6.07, 6.45) is 1.53. The van der Waals surface area contributed by atoms with Crippen molar-refractivity contribution in [2.45, 2.75) is 47.0 Å². The Labute approximate surface area is 114 Å². The molecule has 0 spiro atoms. The number of nitrogens with one attached hydrogen (secondary N) is 2. The van der Waals surface area contributed by atoms with E-state index in [2.05, 4.69) is 46.3 Å². The van der Waals surface area contributed by atoms with Crippen molar-refractivity contribution >= 4 is 11.7 Å². The molecule has 19 heavy (non-hydrogen) atoms. The van der Waals surface area contributed by atoms with Gasteiger partial charge < -0.3 is 5.32 Å². The van der Waals surface area contributed by atoms with Crippen molar-refractivity contribution in [1.82, 2.24) is 20.5 Å². The fourth-order valence-corrected chi connectivity index (χ4v) is 1.35. The van der Waals surface area contributed by atoms with E-state index in [1.165, 1.54) is 6.33 Å². The topological polar surface area (TPSA) is 83.0 Å². The van der Waals surface area contributed by atoms with Crippen molar-refractivity contribution < 1.29 is 4.79 Å². The highest BCUT2D eigenvalue weighted by Gasteiger charge is 2.24. The van der Waals surface area contributed by atoms with E-state index >= 15 is 0 Å². The number of nitrogens with zero attached hydrogens (tertiary/aromatic N) is 3. The molecule has 1 aromatic heterocycles. The highest BCUT2D eigenvalue weighted by atomic mass is 16.2. The molecule has 6 nitrogen and oxygen atoms in total. The highest BCUT2D eigenvalue weighted by molar-refractivity contribution is 6.06. The number of amidine groups is 1. The Kier molecular flexibility index (Phi) is 4.44. The lowest BCUT2D eigenvalue weighted by Gasteiger charge is -2.17. The number of H-pyrrole nitrogens is 1. The molecule has 2 rings (SSSR count). The molecule has 2 N–H and O–H groups in total. The van der Waals surface area contributed by atoms with Crippen LogP contribution in [-0.4, -0.2) is 33.5 Å². The van der Waals surface area contributed by atoms with Crippen LogP contribution in [0.15, 0.2) is 11.3 Å². The van der Waals surface area contributed by atoms with Gasteiger partial charge in [-0.2, -0.15) is 5.10 Å². The molecule has 0 saturated carbocycles. The maximum absolute atomic E-state index is 10.7. The van der Waals surface area contributed by atoms with Gasteiger partial charge in [0.1, 0.15) is 24.5 Å². The van der Waals surface area contributed by atoms with Crippen molar-refractivity contribution in [2.24, 2.45) is 10.4 Å². The Balaban J connectivity index is 0.000000191. The second-order valence-electron chi connectivity index (χ2n) is 6.55. The van der Waals surface area contributed by atoms with Gasteiger partial charge in [-0.1, -0.05) is 41.5 Å². The van der Waals surface area contributed by atoms with Gasteiger partial charge >= 0.3 is 0 Å². The molecule has 0 aromatic carbocycles. The van der Waals surface area contributed by atoms with E-state index in [1.807, 2.05) is 20.8 Å². The summed E-state index contributed by atoms with van der Waals surface area (Å²) in [4.78, 5) is 18.7. The van der Waals surface area contributed by atoms with Crippen molar-refractivity contribution in [3.63, 3.8) is 0 Å². The number of hydrogen-bond acceptors (Lipinski definition) is 4. The molecular weight excluding hydrogens is 242 g/mol. The van der Waals surface area contributed by atoms with Crippen LogP contribution >= 0.6 is 0 Å². The number of carbonyl (C=O) groups excluding carboxylic acids is 1. The number of aliphatic imine (C=N–C) groups is 1. The molecule has 1 amide bonds. The standard InChI is InChI=1S/C7H12N2O.C6H11N3/c1-7(2,3)6-8-4-5(10)9-6;1-6(2,3)5-7-4-8-9-5/h4H2,1-3H3,(H,8,9,10);4H,1-3H3,(H,7,8,9). The SMILES string of the molecule is CC(C)(C)C1=NCC(=O)N1.CC(C)(C)c1ncn[nH]1. The summed E-state index contributed by atoms with van der Waals surface area (Å²) in [6, 6.07) is 0. The molecule has 1 aliphatic heterocycles. The Morgan fingerprint density at radius 3 is 1.95 bits per heavy atom. The normalized spacial score (nSPS) is 15.5. The molecule has 6 heteroatoms. The molecule has 0 fully saturated rings. The maximum Gasteiger partial charge on any atom is 0.247 e. The van der Waals surface area contributed by atoms with E-state index < -0.39 is 0 Å². The lowest BCUT2D eigenvalue weighted by molar-refractivity contribution is -0.117. The van der Waals surface area contributed by atoms with Gasteiger partial charge in [0.25, 0.3) is 0 Å². The molecule has 0 saturated heterocycles. The summed E-state index contributed by atoms with van der Waals surface area (Å²) in [6.45, 7) is 12.6. The first-order valence-electron chi connectivity index (χ1n) is 6.31. The Hall–Kier alpha value is -1.72. The predicted molar refractivity (Wildman–Crippen MR) is 75.0 cm³/mol. The van der Waals surface area contributed by atoms with Crippen LogP contribution < -0.4 is 5.32 Å². The van der Waals surface area contributed by atoms with Gasteiger partial charge in [-0.15, -0.1) is 0 Å². The van der Waals surface area contributed by atoms with Gasteiger partial charge in [0.15, 0.2) is 0 Å². The largest absolute Gasteiger partial charge is 0.312 e. The molecule has 0 unspecified atom stereocenters. The van der Waals surface area contributed by atoms with Crippen LogP contribution in [0.5, 0.6) is 0 Å². The van der Waals surface area contributed by atoms with Crippen molar-refractivity contribution in [3.8, 4) is 0 Å². The number of aromatic amines is 1. The van der Waals surface area contributed by atoms with Gasteiger partial charge in [-0.3, -0.25) is 14.9 Å². The zero-order valence-electron chi connectivity index (χ0n) is 12.5. The summed E-state index contributed by atoms with van der Waals surface area (Å²) >= 11 is 0. The van der Waals surface area contributed by atoms with E-state index in [0.717, 1.165) is 11.7 Å². The van der Waals surface area contributed by atoms with Gasteiger partial charge in [0.05, 0.1) is 0 Å². The van der Waals surface area contributed by atoms with Gasteiger partial charge in [0, 0.05) is 10.8 Å². The average Bonchev–Trinajstić information content (AvgIpc) is 2.84. The minimum absolute atomic E-state index is 0.00456. The molecule has 0 radical (unpaired) electrons. The van der Waals surface area contributed by atoms with Crippen LogP contribution in [0.3, 0.4) is 0 Å². The van der Waals surface area contributed by atoms with E-state index in [9.17, 15) is 4.79 Å². The zero-order chi connectivity index (χ0) is 14.7. The monoisotopic (exact) mass is 265 g/mol. The number of aromatic nitrogens is 3. The van der Waals surface area contributed by atoms with Crippen LogP contribution in [-0.2, 0) is 10.2 Å². The van der Waals surface area contributed by atoms with Crippen molar-refractivity contribution in [3.05, 3.63) is 12.2 Å². The Bertz CT molecular complexity index is 448. The zero-order valence-corrected chi connectivity index (χ0v) is 12.5. The van der Waals surface area contributed by atoms with E-state index in [-0.39, 0.29) is 16.7 Å². The van der Waals surface area contributed by atoms with Crippen molar-refractivity contribution in [2.75, 3.05) is 6.54 Å². The number of hydrogen-bond donors (Lipinski definition) is 2. The fourth-order valence-electron chi connectivity index (χ4n) is 1.35. The first-order chi connectivity index (χ1) is 8.60. The molecule has 1 aliphatic rings. The molecule has 0 atom stereocenters. The molecule has 2 heterocycles. The lowest BCUT2D eigenvalue weighted by atomic mass is 9.95. The first kappa shape index (κ1) is 15.3. The highest BCUT2D eigenvalue weighted by Crippen LogP contribution is 2.16. The first-order valence-corrected chi connectivity index (χ1v) is 6.31. The Morgan fingerprint density at radius 1 is 1.11 bits per heavy atom. The summed E-state index contributed by atoms with van der Waals surface area (Å²) in [5.41, 5.74) is 0.0721. The summed E-state index contributed by atoms with van der Waals surface area (Å²) in [7, 11) is 0.